The van der Waals surface area contributed by atoms with E-state index in [0.717, 1.165) is 5.69 Å². The largest absolute Gasteiger partial charge is 0.465 e. The molecule has 0 aliphatic carbocycles. The van der Waals surface area contributed by atoms with E-state index in [-0.39, 0.29) is 12.5 Å². The molecule has 1 aromatic carbocycles. The van der Waals surface area contributed by atoms with E-state index in [9.17, 15) is 4.79 Å². The monoisotopic (exact) mass is 232 g/mol. The predicted octanol–water partition coefficient (Wildman–Crippen LogP) is 1.95. The summed E-state index contributed by atoms with van der Waals surface area (Å²) in [5, 5.41) is 8.82. The summed E-state index contributed by atoms with van der Waals surface area (Å²) in [6, 6.07) is 9.27. The third-order valence-electron chi connectivity index (χ3n) is 2.35. The molecule has 17 heavy (non-hydrogen) atoms. The molecule has 4 heteroatoms. The van der Waals surface area contributed by atoms with Gasteiger partial charge in [-0.3, -0.25) is 4.79 Å². The Hall–Kier alpha value is -2.02. The highest BCUT2D eigenvalue weighted by Gasteiger charge is 2.10. The minimum atomic E-state index is -0.253. The van der Waals surface area contributed by atoms with Crippen LogP contribution in [0.5, 0.6) is 0 Å². The molecule has 1 rings (SSSR count). The summed E-state index contributed by atoms with van der Waals surface area (Å²) in [4.78, 5) is 13.3. The van der Waals surface area contributed by atoms with E-state index in [1.807, 2.05) is 24.0 Å². The lowest BCUT2D eigenvalue weighted by Crippen LogP contribution is -2.30. The van der Waals surface area contributed by atoms with Crippen molar-refractivity contribution < 1.29 is 9.53 Å². The van der Waals surface area contributed by atoms with Gasteiger partial charge in [0, 0.05) is 12.2 Å². The van der Waals surface area contributed by atoms with E-state index < -0.39 is 0 Å². The van der Waals surface area contributed by atoms with E-state index >= 15 is 0 Å². The molecule has 0 aliphatic heterocycles. The van der Waals surface area contributed by atoms with Gasteiger partial charge in [0.05, 0.1) is 18.2 Å². The maximum atomic E-state index is 11.4. The van der Waals surface area contributed by atoms with Gasteiger partial charge in [-0.1, -0.05) is 6.07 Å². The van der Waals surface area contributed by atoms with Crippen LogP contribution < -0.4 is 4.90 Å². The van der Waals surface area contributed by atoms with Crippen molar-refractivity contribution in [3.8, 4) is 6.07 Å². The topological polar surface area (TPSA) is 53.3 Å². The molecule has 0 aliphatic rings. The number of hydrogen-bond donors (Lipinski definition) is 0. The van der Waals surface area contributed by atoms with Crippen LogP contribution >= 0.6 is 0 Å². The van der Waals surface area contributed by atoms with Gasteiger partial charge in [0.1, 0.15) is 6.54 Å². The molecule has 4 nitrogen and oxygen atoms in total. The van der Waals surface area contributed by atoms with E-state index in [0.29, 0.717) is 18.7 Å². The van der Waals surface area contributed by atoms with Gasteiger partial charge < -0.3 is 9.64 Å². The summed E-state index contributed by atoms with van der Waals surface area (Å²) in [7, 11) is 0. The van der Waals surface area contributed by atoms with Crippen molar-refractivity contribution in [3.63, 3.8) is 0 Å². The maximum absolute atomic E-state index is 11.4. The van der Waals surface area contributed by atoms with Crippen molar-refractivity contribution in [2.45, 2.75) is 13.8 Å². The van der Waals surface area contributed by atoms with Crippen LogP contribution in [-0.4, -0.2) is 25.7 Å². The first kappa shape index (κ1) is 13.0. The van der Waals surface area contributed by atoms with Gasteiger partial charge in [-0.2, -0.15) is 5.26 Å². The summed E-state index contributed by atoms with van der Waals surface area (Å²) in [6.45, 7) is 5.02. The molecule has 0 heterocycles. The highest BCUT2D eigenvalue weighted by atomic mass is 16.5. The zero-order chi connectivity index (χ0) is 12.7. The minimum Gasteiger partial charge on any atom is -0.465 e. The molecule has 0 spiro atoms. The van der Waals surface area contributed by atoms with Gasteiger partial charge in [0.25, 0.3) is 0 Å². The molecule has 0 fully saturated rings. The molecular formula is C13H16N2O2. The SMILES string of the molecule is CCOC(=O)CN(CC)c1cccc(C#N)c1. The summed E-state index contributed by atoms with van der Waals surface area (Å²) in [6.07, 6.45) is 0. The second-order valence-electron chi connectivity index (χ2n) is 3.48. The molecule has 0 saturated carbocycles. The number of rotatable bonds is 5. The molecule has 1 aromatic rings. The van der Waals surface area contributed by atoms with Crippen LogP contribution in [0.3, 0.4) is 0 Å². The zero-order valence-electron chi connectivity index (χ0n) is 10.1. The number of carbonyl (C=O) groups is 1. The van der Waals surface area contributed by atoms with Crippen LogP contribution in [0.2, 0.25) is 0 Å². The molecule has 0 radical (unpaired) electrons. The maximum Gasteiger partial charge on any atom is 0.325 e. The fraction of sp³-hybridized carbons (Fsp3) is 0.385. The normalized spacial score (nSPS) is 9.47. The third kappa shape index (κ3) is 3.80. The molecule has 0 unspecified atom stereocenters. The first-order valence-electron chi connectivity index (χ1n) is 5.62. The summed E-state index contributed by atoms with van der Waals surface area (Å²) in [5.74, 6) is -0.253. The van der Waals surface area contributed by atoms with Gasteiger partial charge in [-0.15, -0.1) is 0 Å². The Morgan fingerprint density at radius 2 is 2.24 bits per heavy atom. The average Bonchev–Trinajstić information content (AvgIpc) is 2.36. The smallest absolute Gasteiger partial charge is 0.325 e. The zero-order valence-corrected chi connectivity index (χ0v) is 10.1. The number of anilines is 1. The first-order chi connectivity index (χ1) is 8.21. The molecule has 0 aromatic heterocycles. The molecule has 0 saturated heterocycles. The van der Waals surface area contributed by atoms with Crippen molar-refractivity contribution in [2.24, 2.45) is 0 Å². The van der Waals surface area contributed by atoms with Crippen LogP contribution in [0, 0.1) is 11.3 Å². The second kappa shape index (κ2) is 6.54. The van der Waals surface area contributed by atoms with Crippen molar-refractivity contribution in [2.75, 3.05) is 24.6 Å². The molecule has 0 atom stereocenters. The van der Waals surface area contributed by atoms with Crippen molar-refractivity contribution in [1.82, 2.24) is 0 Å². The Morgan fingerprint density at radius 3 is 2.82 bits per heavy atom. The van der Waals surface area contributed by atoms with Crippen molar-refractivity contribution in [1.29, 1.82) is 5.26 Å². The average molecular weight is 232 g/mol. The quantitative estimate of drug-likeness (QED) is 0.728. The standard InChI is InChI=1S/C13H16N2O2/c1-3-15(10-13(16)17-4-2)12-7-5-6-11(8-12)9-14/h5-8H,3-4,10H2,1-2H3. The number of hydrogen-bond acceptors (Lipinski definition) is 4. The van der Waals surface area contributed by atoms with Gasteiger partial charge in [0.2, 0.25) is 0 Å². The Balaban J connectivity index is 2.79. The Kier molecular flexibility index (Phi) is 5.02. The number of nitriles is 1. The van der Waals surface area contributed by atoms with Crippen molar-refractivity contribution in [3.05, 3.63) is 29.8 Å². The predicted molar refractivity (Wildman–Crippen MR) is 65.7 cm³/mol. The lowest BCUT2D eigenvalue weighted by atomic mass is 10.2. The van der Waals surface area contributed by atoms with Gasteiger partial charge in [0.15, 0.2) is 0 Å². The number of esters is 1. The molecular weight excluding hydrogens is 216 g/mol. The summed E-state index contributed by atoms with van der Waals surface area (Å²) >= 11 is 0. The van der Waals surface area contributed by atoms with E-state index in [4.69, 9.17) is 10.00 Å². The molecule has 0 N–H and O–H groups in total. The Morgan fingerprint density at radius 1 is 1.47 bits per heavy atom. The van der Waals surface area contributed by atoms with E-state index in [1.54, 1.807) is 19.1 Å². The molecule has 0 amide bonds. The Bertz CT molecular complexity index is 424. The number of carbonyl (C=O) groups excluding carboxylic acids is 1. The van der Waals surface area contributed by atoms with Crippen LogP contribution in [0.15, 0.2) is 24.3 Å². The van der Waals surface area contributed by atoms with Gasteiger partial charge in [-0.25, -0.2) is 0 Å². The van der Waals surface area contributed by atoms with Gasteiger partial charge >= 0.3 is 5.97 Å². The van der Waals surface area contributed by atoms with Crippen LogP contribution in [0.1, 0.15) is 19.4 Å². The molecule has 0 bridgehead atoms. The lowest BCUT2D eigenvalue weighted by molar-refractivity contribution is -0.141. The van der Waals surface area contributed by atoms with Crippen LogP contribution in [0.4, 0.5) is 5.69 Å². The molecule has 90 valence electrons. The third-order valence-corrected chi connectivity index (χ3v) is 2.35. The highest BCUT2D eigenvalue weighted by molar-refractivity contribution is 5.76. The Labute approximate surface area is 101 Å². The number of benzene rings is 1. The number of ether oxygens (including phenoxy) is 1. The highest BCUT2D eigenvalue weighted by Crippen LogP contribution is 2.15. The summed E-state index contributed by atoms with van der Waals surface area (Å²) in [5.41, 5.74) is 1.45. The van der Waals surface area contributed by atoms with E-state index in [2.05, 4.69) is 6.07 Å². The summed E-state index contributed by atoms with van der Waals surface area (Å²) < 4.78 is 4.91. The lowest BCUT2D eigenvalue weighted by Gasteiger charge is -2.21. The van der Waals surface area contributed by atoms with Gasteiger partial charge in [-0.05, 0) is 32.0 Å². The number of likely N-dealkylation sites (N-methyl/N-ethyl adjacent to an activating group) is 1. The second-order valence-corrected chi connectivity index (χ2v) is 3.48. The van der Waals surface area contributed by atoms with Crippen molar-refractivity contribution >= 4 is 11.7 Å². The van der Waals surface area contributed by atoms with Crippen LogP contribution in [-0.2, 0) is 9.53 Å². The number of nitrogens with zero attached hydrogens (tertiary/aromatic N) is 2. The fourth-order valence-corrected chi connectivity index (χ4v) is 1.52. The van der Waals surface area contributed by atoms with E-state index in [1.165, 1.54) is 0 Å². The minimum absolute atomic E-state index is 0.208. The van der Waals surface area contributed by atoms with Crippen LogP contribution in [0.25, 0.3) is 0 Å². The first-order valence-corrected chi connectivity index (χ1v) is 5.62. The fourth-order valence-electron chi connectivity index (χ4n) is 1.52.